The number of carbonyl (C=O) groups excluding carboxylic acids is 1. The SMILES string of the molecule is CC(C)C(NC(=O)O)C(=O)N1CSC(C)(C)C1c1ncc(-c2ccc(Br)cc2)[nH]1. The minimum Gasteiger partial charge on any atom is -0.465 e. The van der Waals surface area contributed by atoms with Crippen LogP contribution in [0.15, 0.2) is 34.9 Å². The lowest BCUT2D eigenvalue weighted by molar-refractivity contribution is -0.135. The molecule has 0 saturated carbocycles. The topological polar surface area (TPSA) is 98.3 Å². The van der Waals surface area contributed by atoms with Gasteiger partial charge in [-0.3, -0.25) is 4.79 Å². The van der Waals surface area contributed by atoms with Crippen LogP contribution < -0.4 is 5.32 Å². The molecule has 3 rings (SSSR count). The van der Waals surface area contributed by atoms with E-state index in [0.29, 0.717) is 11.7 Å². The molecule has 1 aliphatic rings. The highest BCUT2D eigenvalue weighted by Crippen LogP contribution is 2.48. The van der Waals surface area contributed by atoms with Crippen molar-refractivity contribution in [2.75, 3.05) is 5.88 Å². The van der Waals surface area contributed by atoms with Crippen molar-refractivity contribution in [1.29, 1.82) is 0 Å². The molecule has 3 N–H and O–H groups in total. The number of nitrogens with zero attached hydrogens (tertiary/aromatic N) is 2. The number of aromatic nitrogens is 2. The first kappa shape index (κ1) is 21.7. The normalized spacial score (nSPS) is 19.4. The molecule has 0 spiro atoms. The maximum absolute atomic E-state index is 13.2. The number of halogens is 1. The van der Waals surface area contributed by atoms with Crippen LogP contribution in [0.1, 0.15) is 39.6 Å². The lowest BCUT2D eigenvalue weighted by Gasteiger charge is -2.33. The van der Waals surface area contributed by atoms with Crippen molar-refractivity contribution >= 4 is 39.7 Å². The molecular formula is C20H25BrN4O3S. The van der Waals surface area contributed by atoms with Gasteiger partial charge < -0.3 is 20.3 Å². The Balaban J connectivity index is 1.92. The van der Waals surface area contributed by atoms with Gasteiger partial charge in [0.2, 0.25) is 5.91 Å². The molecule has 2 amide bonds. The maximum Gasteiger partial charge on any atom is 0.405 e. The van der Waals surface area contributed by atoms with Gasteiger partial charge in [-0.25, -0.2) is 9.78 Å². The largest absolute Gasteiger partial charge is 0.465 e. The molecule has 1 fully saturated rings. The third kappa shape index (κ3) is 4.61. The monoisotopic (exact) mass is 480 g/mol. The standard InChI is InChI=1S/C20H25BrN4O3S/c1-11(2)15(24-19(27)28)18(26)25-10-29-20(3,4)16(25)17-22-9-14(23-17)12-5-7-13(21)8-6-12/h5-9,11,15-16,24H,10H2,1-4H3,(H,22,23)(H,27,28). The zero-order chi connectivity index (χ0) is 21.3. The third-order valence-corrected chi connectivity index (χ3v) is 6.95. The fourth-order valence-electron chi connectivity index (χ4n) is 3.51. The molecule has 1 aliphatic heterocycles. The van der Waals surface area contributed by atoms with E-state index in [2.05, 4.69) is 45.1 Å². The molecule has 2 atom stereocenters. The summed E-state index contributed by atoms with van der Waals surface area (Å²) in [4.78, 5) is 34.1. The van der Waals surface area contributed by atoms with Gasteiger partial charge in [0.15, 0.2) is 0 Å². The second-order valence-corrected chi connectivity index (χ2v) is 10.5. The predicted molar refractivity (Wildman–Crippen MR) is 118 cm³/mol. The Kier molecular flexibility index (Phi) is 6.28. The molecule has 7 nitrogen and oxygen atoms in total. The van der Waals surface area contributed by atoms with Gasteiger partial charge in [-0.15, -0.1) is 11.8 Å². The number of rotatable bonds is 5. The van der Waals surface area contributed by atoms with E-state index >= 15 is 0 Å². The van der Waals surface area contributed by atoms with Crippen molar-refractivity contribution in [3.05, 3.63) is 40.8 Å². The van der Waals surface area contributed by atoms with Gasteiger partial charge in [-0.2, -0.15) is 0 Å². The van der Waals surface area contributed by atoms with Crippen molar-refractivity contribution in [1.82, 2.24) is 20.2 Å². The Hall–Kier alpha value is -2.00. The molecule has 0 bridgehead atoms. The van der Waals surface area contributed by atoms with E-state index in [1.807, 2.05) is 38.1 Å². The first-order valence-corrected chi connectivity index (χ1v) is 11.1. The minimum atomic E-state index is -1.20. The number of aromatic amines is 1. The Bertz CT molecular complexity index is 897. The number of benzene rings is 1. The van der Waals surface area contributed by atoms with Gasteiger partial charge in [0.25, 0.3) is 0 Å². The molecule has 1 saturated heterocycles. The van der Waals surface area contributed by atoms with Crippen LogP contribution in [-0.4, -0.2) is 48.6 Å². The third-order valence-electron chi connectivity index (χ3n) is 5.05. The van der Waals surface area contributed by atoms with E-state index in [-0.39, 0.29) is 22.6 Å². The number of thioether (sulfide) groups is 1. The first-order valence-electron chi connectivity index (χ1n) is 9.35. The number of hydrogen-bond donors (Lipinski definition) is 3. The first-order chi connectivity index (χ1) is 13.6. The molecule has 1 aromatic carbocycles. The fraction of sp³-hybridized carbons (Fsp3) is 0.450. The lowest BCUT2D eigenvalue weighted by Crippen LogP contribution is -2.51. The number of carboxylic acid groups (broad SMARTS) is 1. The average molecular weight is 481 g/mol. The number of carbonyl (C=O) groups is 2. The maximum atomic E-state index is 13.2. The number of imidazole rings is 1. The molecule has 29 heavy (non-hydrogen) atoms. The van der Waals surface area contributed by atoms with Crippen LogP contribution in [0, 0.1) is 5.92 Å². The predicted octanol–water partition coefficient (Wildman–Crippen LogP) is 4.48. The molecule has 156 valence electrons. The molecule has 2 heterocycles. The molecule has 0 radical (unpaired) electrons. The molecule has 1 aromatic heterocycles. The molecule has 2 unspecified atom stereocenters. The number of amides is 2. The van der Waals surface area contributed by atoms with Crippen LogP contribution >= 0.6 is 27.7 Å². The lowest BCUT2D eigenvalue weighted by atomic mass is 9.97. The van der Waals surface area contributed by atoms with Crippen molar-refractivity contribution in [3.63, 3.8) is 0 Å². The quantitative estimate of drug-likeness (QED) is 0.585. The highest BCUT2D eigenvalue weighted by molar-refractivity contribution is 9.10. The average Bonchev–Trinajstić information content (AvgIpc) is 3.23. The van der Waals surface area contributed by atoms with Crippen molar-refractivity contribution < 1.29 is 14.7 Å². The van der Waals surface area contributed by atoms with Crippen LogP contribution in [0.3, 0.4) is 0 Å². The summed E-state index contributed by atoms with van der Waals surface area (Å²) in [5, 5.41) is 11.5. The van der Waals surface area contributed by atoms with E-state index in [1.165, 1.54) is 0 Å². The summed E-state index contributed by atoms with van der Waals surface area (Å²) in [5.41, 5.74) is 1.87. The van der Waals surface area contributed by atoms with E-state index in [4.69, 9.17) is 5.11 Å². The van der Waals surface area contributed by atoms with Crippen LogP contribution in [0.2, 0.25) is 0 Å². The van der Waals surface area contributed by atoms with Gasteiger partial charge in [-0.05, 0) is 37.5 Å². The second-order valence-electron chi connectivity index (χ2n) is 7.95. The van der Waals surface area contributed by atoms with Gasteiger partial charge in [-0.1, -0.05) is 41.9 Å². The summed E-state index contributed by atoms with van der Waals surface area (Å²) >= 11 is 5.10. The Morgan fingerprint density at radius 3 is 2.59 bits per heavy atom. The molecule has 2 aromatic rings. The Morgan fingerprint density at radius 1 is 1.34 bits per heavy atom. The van der Waals surface area contributed by atoms with Crippen LogP contribution in [0.25, 0.3) is 11.3 Å². The summed E-state index contributed by atoms with van der Waals surface area (Å²) in [6, 6.07) is 6.82. The zero-order valence-electron chi connectivity index (χ0n) is 16.8. The summed E-state index contributed by atoms with van der Waals surface area (Å²) in [6.45, 7) is 7.82. The summed E-state index contributed by atoms with van der Waals surface area (Å²) in [5.74, 6) is 0.786. The van der Waals surface area contributed by atoms with E-state index in [0.717, 1.165) is 15.7 Å². The van der Waals surface area contributed by atoms with Crippen molar-refractivity contribution in [3.8, 4) is 11.3 Å². The van der Waals surface area contributed by atoms with Gasteiger partial charge in [0.1, 0.15) is 17.9 Å². The van der Waals surface area contributed by atoms with Crippen molar-refractivity contribution in [2.24, 2.45) is 5.92 Å². The Labute approximate surface area is 182 Å². The van der Waals surface area contributed by atoms with Gasteiger partial charge in [0.05, 0.1) is 17.8 Å². The fourth-order valence-corrected chi connectivity index (χ4v) is 4.92. The second kappa shape index (κ2) is 8.39. The van der Waals surface area contributed by atoms with E-state index < -0.39 is 12.1 Å². The summed E-state index contributed by atoms with van der Waals surface area (Å²) in [7, 11) is 0. The number of hydrogen-bond acceptors (Lipinski definition) is 4. The van der Waals surface area contributed by atoms with Crippen LogP contribution in [0.4, 0.5) is 4.79 Å². The van der Waals surface area contributed by atoms with Gasteiger partial charge >= 0.3 is 6.09 Å². The summed E-state index contributed by atoms with van der Waals surface area (Å²) < 4.78 is 0.728. The summed E-state index contributed by atoms with van der Waals surface area (Å²) in [6.07, 6.45) is 0.575. The Morgan fingerprint density at radius 2 is 2.00 bits per heavy atom. The number of H-pyrrole nitrogens is 1. The highest BCUT2D eigenvalue weighted by Gasteiger charge is 2.48. The van der Waals surface area contributed by atoms with E-state index in [9.17, 15) is 9.59 Å². The highest BCUT2D eigenvalue weighted by atomic mass is 79.9. The van der Waals surface area contributed by atoms with Crippen LogP contribution in [-0.2, 0) is 4.79 Å². The van der Waals surface area contributed by atoms with E-state index in [1.54, 1.807) is 22.9 Å². The molecule has 9 heteroatoms. The molecule has 0 aliphatic carbocycles. The zero-order valence-corrected chi connectivity index (χ0v) is 19.2. The van der Waals surface area contributed by atoms with Crippen molar-refractivity contribution in [2.45, 2.75) is 44.5 Å². The molecular weight excluding hydrogens is 456 g/mol. The smallest absolute Gasteiger partial charge is 0.405 e. The minimum absolute atomic E-state index is 0.164. The van der Waals surface area contributed by atoms with Crippen LogP contribution in [0.5, 0.6) is 0 Å². The number of nitrogens with one attached hydrogen (secondary N) is 2. The van der Waals surface area contributed by atoms with Gasteiger partial charge in [0, 0.05) is 9.22 Å².